The number of nitrogens with two attached hydrogens (primary N) is 1. The van der Waals surface area contributed by atoms with Gasteiger partial charge in [-0.2, -0.15) is 0 Å². The highest BCUT2D eigenvalue weighted by atomic mass is 32.1. The van der Waals surface area contributed by atoms with Crippen LogP contribution < -0.4 is 16.6 Å². The van der Waals surface area contributed by atoms with Crippen molar-refractivity contribution in [1.82, 2.24) is 9.55 Å². The summed E-state index contributed by atoms with van der Waals surface area (Å²) in [6.07, 6.45) is 3.83. The molecule has 1 atom stereocenters. The second kappa shape index (κ2) is 10.5. The zero-order chi connectivity index (χ0) is 27.0. The molecule has 5 rings (SSSR count). The molecular weight excluding hydrogens is 524 g/mol. The molecule has 3 heterocycles. The molecule has 3 aromatic heterocycles. The predicted molar refractivity (Wildman–Crippen MR) is 147 cm³/mol. The van der Waals surface area contributed by atoms with Gasteiger partial charge < -0.3 is 15.8 Å². The minimum Gasteiger partial charge on any atom is -0.457 e. The Bertz CT molecular complexity index is 1620. The number of ether oxygens (including phenoxy) is 1. The number of esters is 1. The van der Waals surface area contributed by atoms with Crippen LogP contribution in [0, 0.1) is 12.8 Å². The summed E-state index contributed by atoms with van der Waals surface area (Å²) in [6, 6.07) is 9.31. The Morgan fingerprint density at radius 3 is 2.71 bits per heavy atom. The molecule has 1 aliphatic rings. The molecule has 0 fully saturated rings. The topological polar surface area (TPSA) is 133 Å². The molecule has 0 aliphatic heterocycles. The average molecular weight is 551 g/mol. The number of hydrogen-bond acceptors (Lipinski definition) is 8. The number of rotatable bonds is 7. The molecule has 0 spiro atoms. The normalized spacial score (nSPS) is 14.7. The Labute approximate surface area is 226 Å². The standard InChI is InChI=1S/C27H26N4O5S2/c1-14-8-9-17-18(10-14)37-25(21(17)23(28)33)30-19(32)11-31-13-29-24-20(26(31)34)15(2)22(38-24)27(35)36-12-16-6-4-3-5-7-16/h3-7,13-14H,8-12H2,1-2H3,(H2,28,33)(H,30,32). The first-order valence-corrected chi connectivity index (χ1v) is 13.8. The number of thiophene rings is 2. The number of nitrogens with one attached hydrogen (secondary N) is 1. The Kier molecular flexibility index (Phi) is 7.13. The van der Waals surface area contributed by atoms with E-state index in [0.29, 0.717) is 31.8 Å². The van der Waals surface area contributed by atoms with Gasteiger partial charge in [0.05, 0.1) is 17.3 Å². The maximum Gasteiger partial charge on any atom is 0.349 e. The summed E-state index contributed by atoms with van der Waals surface area (Å²) >= 11 is 2.45. The van der Waals surface area contributed by atoms with Crippen LogP contribution in [-0.2, 0) is 35.5 Å². The zero-order valence-electron chi connectivity index (χ0n) is 20.9. The summed E-state index contributed by atoms with van der Waals surface area (Å²) in [5, 5.41) is 3.47. The largest absolute Gasteiger partial charge is 0.457 e. The van der Waals surface area contributed by atoms with E-state index in [-0.39, 0.29) is 18.5 Å². The molecule has 0 bridgehead atoms. The Hall–Kier alpha value is -3.83. The van der Waals surface area contributed by atoms with E-state index in [1.807, 2.05) is 30.3 Å². The molecule has 1 aromatic carbocycles. The monoisotopic (exact) mass is 550 g/mol. The summed E-state index contributed by atoms with van der Waals surface area (Å²) in [4.78, 5) is 57.1. The molecule has 1 unspecified atom stereocenters. The maximum atomic E-state index is 13.2. The summed E-state index contributed by atoms with van der Waals surface area (Å²) in [6.45, 7) is 3.63. The Morgan fingerprint density at radius 2 is 1.97 bits per heavy atom. The quantitative estimate of drug-likeness (QED) is 0.334. The fourth-order valence-corrected chi connectivity index (χ4v) is 7.14. The second-order valence-corrected chi connectivity index (χ2v) is 11.5. The molecule has 4 aromatic rings. The minimum absolute atomic E-state index is 0.115. The van der Waals surface area contributed by atoms with E-state index in [0.717, 1.165) is 46.6 Å². The van der Waals surface area contributed by atoms with E-state index in [1.165, 1.54) is 22.2 Å². The lowest BCUT2D eigenvalue weighted by Crippen LogP contribution is -2.28. The first kappa shape index (κ1) is 25.8. The molecule has 11 heteroatoms. The number of hydrogen-bond donors (Lipinski definition) is 2. The van der Waals surface area contributed by atoms with Gasteiger partial charge in [0.25, 0.3) is 11.5 Å². The number of nitrogens with zero attached hydrogens (tertiary/aromatic N) is 2. The molecule has 0 saturated carbocycles. The second-order valence-electron chi connectivity index (χ2n) is 9.44. The Balaban J connectivity index is 1.35. The number of primary amides is 1. The van der Waals surface area contributed by atoms with E-state index >= 15 is 0 Å². The summed E-state index contributed by atoms with van der Waals surface area (Å²) in [5.41, 5.74) is 7.80. The molecular formula is C27H26N4O5S2. The van der Waals surface area contributed by atoms with Crippen LogP contribution in [0.4, 0.5) is 5.00 Å². The molecule has 0 radical (unpaired) electrons. The lowest BCUT2D eigenvalue weighted by atomic mass is 9.88. The molecule has 3 N–H and O–H groups in total. The fraction of sp³-hybridized carbons (Fsp3) is 0.296. The van der Waals surface area contributed by atoms with Gasteiger partial charge in [0.2, 0.25) is 5.91 Å². The first-order valence-electron chi connectivity index (χ1n) is 12.2. The van der Waals surface area contributed by atoms with Crippen molar-refractivity contribution in [3.05, 3.63) is 79.0 Å². The third-order valence-electron chi connectivity index (χ3n) is 6.64. The predicted octanol–water partition coefficient (Wildman–Crippen LogP) is 4.05. The number of anilines is 1. The highest BCUT2D eigenvalue weighted by Crippen LogP contribution is 2.39. The van der Waals surface area contributed by atoms with E-state index < -0.39 is 23.3 Å². The SMILES string of the molecule is Cc1c(C(=O)OCc2ccccc2)sc2ncn(CC(=O)Nc3sc4c(c3C(N)=O)CCC(C)C4)c(=O)c12. The number of carbonyl (C=O) groups is 3. The fourth-order valence-electron chi connectivity index (χ4n) is 4.68. The van der Waals surface area contributed by atoms with Gasteiger partial charge >= 0.3 is 5.97 Å². The number of aryl methyl sites for hydroxylation is 1. The van der Waals surface area contributed by atoms with Crippen LogP contribution in [0.5, 0.6) is 0 Å². The lowest BCUT2D eigenvalue weighted by molar-refractivity contribution is -0.116. The van der Waals surface area contributed by atoms with Crippen molar-refractivity contribution < 1.29 is 19.1 Å². The van der Waals surface area contributed by atoms with Crippen LogP contribution in [0.1, 0.15) is 54.9 Å². The van der Waals surface area contributed by atoms with Crippen molar-refractivity contribution in [2.24, 2.45) is 11.7 Å². The number of carbonyl (C=O) groups excluding carboxylic acids is 3. The third kappa shape index (κ3) is 4.99. The lowest BCUT2D eigenvalue weighted by Gasteiger charge is -2.18. The first-order chi connectivity index (χ1) is 18.2. The number of aromatic nitrogens is 2. The number of amides is 2. The summed E-state index contributed by atoms with van der Waals surface area (Å²) in [7, 11) is 0. The van der Waals surface area contributed by atoms with Gasteiger partial charge in [-0.15, -0.1) is 22.7 Å². The smallest absolute Gasteiger partial charge is 0.349 e. The van der Waals surface area contributed by atoms with Crippen LogP contribution in [0.3, 0.4) is 0 Å². The van der Waals surface area contributed by atoms with E-state index in [9.17, 15) is 19.2 Å². The van der Waals surface area contributed by atoms with Crippen LogP contribution in [-0.4, -0.2) is 27.3 Å². The van der Waals surface area contributed by atoms with Gasteiger partial charge in [-0.05, 0) is 48.8 Å². The number of fused-ring (bicyclic) bond motifs is 2. The molecule has 9 nitrogen and oxygen atoms in total. The highest BCUT2D eigenvalue weighted by Gasteiger charge is 2.27. The average Bonchev–Trinajstić information content (AvgIpc) is 3.41. The van der Waals surface area contributed by atoms with Gasteiger partial charge in [-0.1, -0.05) is 37.3 Å². The van der Waals surface area contributed by atoms with Gasteiger partial charge in [0.15, 0.2) is 0 Å². The summed E-state index contributed by atoms with van der Waals surface area (Å²) in [5.74, 6) is -1.09. The van der Waals surface area contributed by atoms with Gasteiger partial charge in [0.1, 0.15) is 27.9 Å². The van der Waals surface area contributed by atoms with Crippen molar-refractivity contribution in [3.8, 4) is 0 Å². The van der Waals surface area contributed by atoms with Crippen LogP contribution >= 0.6 is 22.7 Å². The van der Waals surface area contributed by atoms with Crippen molar-refractivity contribution >= 4 is 55.7 Å². The molecule has 38 heavy (non-hydrogen) atoms. The van der Waals surface area contributed by atoms with Gasteiger partial charge in [0, 0.05) is 4.88 Å². The molecule has 196 valence electrons. The minimum atomic E-state index is -0.576. The summed E-state index contributed by atoms with van der Waals surface area (Å²) < 4.78 is 6.62. The van der Waals surface area contributed by atoms with Crippen molar-refractivity contribution in [2.45, 2.75) is 46.3 Å². The molecule has 1 aliphatic carbocycles. The molecule has 2 amide bonds. The van der Waals surface area contributed by atoms with Gasteiger partial charge in [-0.3, -0.25) is 19.0 Å². The van der Waals surface area contributed by atoms with Crippen LogP contribution in [0.2, 0.25) is 0 Å². The number of benzene rings is 1. The van der Waals surface area contributed by atoms with Crippen molar-refractivity contribution in [1.29, 1.82) is 0 Å². The maximum absolute atomic E-state index is 13.2. The highest BCUT2D eigenvalue weighted by molar-refractivity contribution is 7.20. The van der Waals surface area contributed by atoms with E-state index in [4.69, 9.17) is 10.5 Å². The van der Waals surface area contributed by atoms with Crippen molar-refractivity contribution in [2.75, 3.05) is 5.32 Å². The van der Waals surface area contributed by atoms with Gasteiger partial charge in [-0.25, -0.2) is 9.78 Å². The van der Waals surface area contributed by atoms with Crippen molar-refractivity contribution in [3.63, 3.8) is 0 Å². The van der Waals surface area contributed by atoms with E-state index in [1.54, 1.807) is 6.92 Å². The Morgan fingerprint density at radius 1 is 1.21 bits per heavy atom. The molecule has 0 saturated heterocycles. The van der Waals surface area contributed by atoms with Crippen LogP contribution in [0.25, 0.3) is 10.2 Å². The third-order valence-corrected chi connectivity index (χ3v) is 8.99. The zero-order valence-corrected chi connectivity index (χ0v) is 22.5. The van der Waals surface area contributed by atoms with Crippen LogP contribution in [0.15, 0.2) is 41.5 Å². The van der Waals surface area contributed by atoms with E-state index in [2.05, 4.69) is 17.2 Å².